The van der Waals surface area contributed by atoms with Crippen molar-refractivity contribution in [2.24, 2.45) is 0 Å². The normalized spacial score (nSPS) is 14.3. The average molecular weight is 310 g/mol. The number of ether oxygens (including phenoxy) is 1. The molecule has 1 N–H and O–H groups in total. The van der Waals surface area contributed by atoms with E-state index in [9.17, 15) is 9.59 Å². The standard InChI is InChI=1S/C18H18N2O3/c21-17(19-18(22)20-10-12-23-13-11-20)16-8-6-15(7-9-16)14-4-2-1-3-5-14/h1-9H,10-13H2,(H,19,21,22). The molecule has 23 heavy (non-hydrogen) atoms. The lowest BCUT2D eigenvalue weighted by Crippen LogP contribution is -2.47. The minimum Gasteiger partial charge on any atom is -0.378 e. The van der Waals surface area contributed by atoms with E-state index in [2.05, 4.69) is 5.32 Å². The van der Waals surface area contributed by atoms with Crippen LogP contribution in [-0.4, -0.2) is 43.1 Å². The molecule has 0 unspecified atom stereocenters. The molecule has 0 aromatic heterocycles. The zero-order valence-corrected chi connectivity index (χ0v) is 12.7. The van der Waals surface area contributed by atoms with Gasteiger partial charge in [-0.25, -0.2) is 4.79 Å². The second-order valence-electron chi connectivity index (χ2n) is 5.30. The Morgan fingerprint density at radius 1 is 0.870 bits per heavy atom. The molecule has 1 aliphatic rings. The average Bonchev–Trinajstić information content (AvgIpc) is 2.63. The number of hydrogen-bond donors (Lipinski definition) is 1. The van der Waals surface area contributed by atoms with Crippen molar-refractivity contribution in [1.82, 2.24) is 10.2 Å². The summed E-state index contributed by atoms with van der Waals surface area (Å²) in [7, 11) is 0. The van der Waals surface area contributed by atoms with Crippen LogP contribution in [0.3, 0.4) is 0 Å². The summed E-state index contributed by atoms with van der Waals surface area (Å²) in [5, 5.41) is 2.42. The minimum absolute atomic E-state index is 0.370. The summed E-state index contributed by atoms with van der Waals surface area (Å²) in [5.74, 6) is -0.388. The van der Waals surface area contributed by atoms with Gasteiger partial charge in [-0.05, 0) is 23.3 Å². The van der Waals surface area contributed by atoms with Gasteiger partial charge in [0.25, 0.3) is 5.91 Å². The fourth-order valence-electron chi connectivity index (χ4n) is 2.46. The van der Waals surface area contributed by atoms with E-state index in [1.54, 1.807) is 17.0 Å². The largest absolute Gasteiger partial charge is 0.378 e. The molecule has 0 saturated carbocycles. The fraction of sp³-hybridized carbons (Fsp3) is 0.222. The first kappa shape index (κ1) is 15.2. The van der Waals surface area contributed by atoms with Crippen molar-refractivity contribution in [2.75, 3.05) is 26.3 Å². The maximum absolute atomic E-state index is 12.2. The number of nitrogens with one attached hydrogen (secondary N) is 1. The van der Waals surface area contributed by atoms with Crippen LogP contribution in [0.1, 0.15) is 10.4 Å². The van der Waals surface area contributed by atoms with Gasteiger partial charge >= 0.3 is 6.03 Å². The monoisotopic (exact) mass is 310 g/mol. The maximum Gasteiger partial charge on any atom is 0.324 e. The predicted molar refractivity (Wildman–Crippen MR) is 87.1 cm³/mol. The Kier molecular flexibility index (Phi) is 4.68. The Morgan fingerprint density at radius 2 is 1.48 bits per heavy atom. The third-order valence-corrected chi connectivity index (χ3v) is 3.77. The molecule has 3 rings (SSSR count). The number of hydrogen-bond acceptors (Lipinski definition) is 3. The van der Waals surface area contributed by atoms with E-state index in [1.165, 1.54) is 0 Å². The lowest BCUT2D eigenvalue weighted by atomic mass is 10.0. The summed E-state index contributed by atoms with van der Waals surface area (Å²) >= 11 is 0. The van der Waals surface area contributed by atoms with E-state index in [0.717, 1.165) is 11.1 Å². The van der Waals surface area contributed by atoms with Gasteiger partial charge in [0.1, 0.15) is 0 Å². The lowest BCUT2D eigenvalue weighted by molar-refractivity contribution is 0.0524. The highest BCUT2D eigenvalue weighted by atomic mass is 16.5. The molecule has 0 radical (unpaired) electrons. The van der Waals surface area contributed by atoms with Gasteiger partial charge in [0.15, 0.2) is 0 Å². The molecule has 1 saturated heterocycles. The minimum atomic E-state index is -0.388. The number of amides is 3. The van der Waals surface area contributed by atoms with E-state index >= 15 is 0 Å². The highest BCUT2D eigenvalue weighted by Crippen LogP contribution is 2.19. The SMILES string of the molecule is O=C(NC(=O)N1CCOCC1)c1ccc(-c2ccccc2)cc1. The number of nitrogens with zero attached hydrogens (tertiary/aromatic N) is 1. The van der Waals surface area contributed by atoms with E-state index in [1.807, 2.05) is 42.5 Å². The van der Waals surface area contributed by atoms with Gasteiger partial charge in [0.05, 0.1) is 13.2 Å². The third kappa shape index (κ3) is 3.76. The predicted octanol–water partition coefficient (Wildman–Crippen LogP) is 2.54. The molecule has 1 heterocycles. The van der Waals surface area contributed by atoms with Crippen molar-refractivity contribution in [3.8, 4) is 11.1 Å². The molecular formula is C18H18N2O3. The van der Waals surface area contributed by atoms with Gasteiger partial charge in [-0.1, -0.05) is 42.5 Å². The number of morpholine rings is 1. The molecule has 2 aromatic carbocycles. The Balaban J connectivity index is 1.64. The Labute approximate surface area is 134 Å². The summed E-state index contributed by atoms with van der Waals surface area (Å²) in [6, 6.07) is 16.8. The topological polar surface area (TPSA) is 58.6 Å². The van der Waals surface area contributed by atoms with Gasteiger partial charge in [-0.2, -0.15) is 0 Å². The van der Waals surface area contributed by atoms with Gasteiger partial charge in [0, 0.05) is 18.7 Å². The molecule has 0 spiro atoms. The summed E-state index contributed by atoms with van der Waals surface area (Å²) in [6.07, 6.45) is 0. The molecule has 1 fully saturated rings. The summed E-state index contributed by atoms with van der Waals surface area (Å²) in [5.41, 5.74) is 2.58. The van der Waals surface area contributed by atoms with Crippen molar-refractivity contribution < 1.29 is 14.3 Å². The second kappa shape index (κ2) is 7.07. The smallest absolute Gasteiger partial charge is 0.324 e. The van der Waals surface area contributed by atoms with Crippen LogP contribution in [0, 0.1) is 0 Å². The van der Waals surface area contributed by atoms with E-state index < -0.39 is 0 Å². The molecule has 1 aliphatic heterocycles. The number of carbonyl (C=O) groups excluding carboxylic acids is 2. The lowest BCUT2D eigenvalue weighted by Gasteiger charge is -2.26. The van der Waals surface area contributed by atoms with Crippen LogP contribution in [0.4, 0.5) is 4.79 Å². The van der Waals surface area contributed by atoms with Crippen LogP contribution in [0.25, 0.3) is 11.1 Å². The van der Waals surface area contributed by atoms with Crippen molar-refractivity contribution in [3.05, 3.63) is 60.2 Å². The van der Waals surface area contributed by atoms with Crippen molar-refractivity contribution in [1.29, 1.82) is 0 Å². The Morgan fingerprint density at radius 3 is 2.13 bits per heavy atom. The molecule has 5 heteroatoms. The highest BCUT2D eigenvalue weighted by Gasteiger charge is 2.19. The van der Waals surface area contributed by atoms with Crippen LogP contribution in [0.5, 0.6) is 0 Å². The molecule has 118 valence electrons. The Hall–Kier alpha value is -2.66. The summed E-state index contributed by atoms with van der Waals surface area (Å²) < 4.78 is 5.19. The molecule has 3 amide bonds. The van der Waals surface area contributed by atoms with Gasteiger partial charge in [-0.15, -0.1) is 0 Å². The fourth-order valence-corrected chi connectivity index (χ4v) is 2.46. The molecule has 0 atom stereocenters. The zero-order valence-electron chi connectivity index (χ0n) is 12.7. The third-order valence-electron chi connectivity index (χ3n) is 3.77. The van der Waals surface area contributed by atoms with Crippen LogP contribution >= 0.6 is 0 Å². The number of urea groups is 1. The van der Waals surface area contributed by atoms with Crippen LogP contribution < -0.4 is 5.32 Å². The first-order valence-corrected chi connectivity index (χ1v) is 7.57. The van der Waals surface area contributed by atoms with Crippen molar-refractivity contribution >= 4 is 11.9 Å². The zero-order chi connectivity index (χ0) is 16.1. The first-order valence-electron chi connectivity index (χ1n) is 7.57. The number of imide groups is 1. The summed E-state index contributed by atoms with van der Waals surface area (Å²) in [6.45, 7) is 2.03. The van der Waals surface area contributed by atoms with E-state index in [4.69, 9.17) is 4.74 Å². The van der Waals surface area contributed by atoms with E-state index in [-0.39, 0.29) is 11.9 Å². The molecule has 5 nitrogen and oxygen atoms in total. The van der Waals surface area contributed by atoms with Crippen LogP contribution in [0.15, 0.2) is 54.6 Å². The Bertz CT molecular complexity index is 677. The first-order chi connectivity index (χ1) is 11.2. The number of rotatable bonds is 2. The molecule has 2 aromatic rings. The van der Waals surface area contributed by atoms with Gasteiger partial charge in [0.2, 0.25) is 0 Å². The quantitative estimate of drug-likeness (QED) is 0.927. The van der Waals surface area contributed by atoms with Crippen molar-refractivity contribution in [2.45, 2.75) is 0 Å². The molecular weight excluding hydrogens is 292 g/mol. The van der Waals surface area contributed by atoms with Gasteiger partial charge in [-0.3, -0.25) is 10.1 Å². The molecule has 0 aliphatic carbocycles. The summed E-state index contributed by atoms with van der Waals surface area (Å²) in [4.78, 5) is 25.7. The molecule has 0 bridgehead atoms. The van der Waals surface area contributed by atoms with Crippen molar-refractivity contribution in [3.63, 3.8) is 0 Å². The highest BCUT2D eigenvalue weighted by molar-refractivity contribution is 6.04. The number of benzene rings is 2. The van der Waals surface area contributed by atoms with Crippen LogP contribution in [0.2, 0.25) is 0 Å². The van der Waals surface area contributed by atoms with Crippen LogP contribution in [-0.2, 0) is 4.74 Å². The number of carbonyl (C=O) groups is 2. The van der Waals surface area contributed by atoms with Gasteiger partial charge < -0.3 is 9.64 Å². The maximum atomic E-state index is 12.2. The second-order valence-corrected chi connectivity index (χ2v) is 5.30. The van der Waals surface area contributed by atoms with E-state index in [0.29, 0.717) is 31.9 Å².